The Labute approximate surface area is 137 Å². The number of hydrogen-bond donors (Lipinski definition) is 1. The molecule has 120 valence electrons. The van der Waals surface area contributed by atoms with E-state index in [2.05, 4.69) is 15.3 Å². The van der Waals surface area contributed by atoms with E-state index >= 15 is 0 Å². The molecule has 0 bridgehead atoms. The SMILES string of the molecule is Cc1ccncc1-c1ccc(F)c(C(=O)Nc2ccc(F)cn2)c1. The average molecular weight is 325 g/mol. The minimum atomic E-state index is -0.657. The Hall–Kier alpha value is -3.15. The van der Waals surface area contributed by atoms with E-state index in [1.54, 1.807) is 18.5 Å². The lowest BCUT2D eigenvalue weighted by Crippen LogP contribution is -2.14. The van der Waals surface area contributed by atoms with Crippen molar-refractivity contribution in [2.45, 2.75) is 6.92 Å². The standard InChI is InChI=1S/C18H13F2N3O/c1-11-6-7-21-10-15(11)12-2-4-16(20)14(8-12)18(24)23-17-5-3-13(19)9-22-17/h2-10H,1H3,(H,22,23,24). The molecule has 3 aromatic rings. The molecule has 0 saturated carbocycles. The van der Waals surface area contributed by atoms with Crippen LogP contribution in [0.25, 0.3) is 11.1 Å². The zero-order valence-corrected chi connectivity index (χ0v) is 12.8. The number of nitrogens with zero attached hydrogens (tertiary/aromatic N) is 2. The molecule has 1 amide bonds. The highest BCUT2D eigenvalue weighted by molar-refractivity contribution is 6.04. The molecule has 24 heavy (non-hydrogen) atoms. The normalized spacial score (nSPS) is 10.5. The lowest BCUT2D eigenvalue weighted by molar-refractivity contribution is 0.102. The number of anilines is 1. The van der Waals surface area contributed by atoms with E-state index in [9.17, 15) is 13.6 Å². The fraction of sp³-hybridized carbons (Fsp3) is 0.0556. The monoisotopic (exact) mass is 325 g/mol. The number of aryl methyl sites for hydroxylation is 1. The number of aromatic nitrogens is 2. The van der Waals surface area contributed by atoms with Crippen molar-refractivity contribution >= 4 is 11.7 Å². The fourth-order valence-electron chi connectivity index (χ4n) is 2.27. The Balaban J connectivity index is 1.93. The Kier molecular flexibility index (Phi) is 4.29. The average Bonchev–Trinajstić information content (AvgIpc) is 2.58. The summed E-state index contributed by atoms with van der Waals surface area (Å²) >= 11 is 0. The van der Waals surface area contributed by atoms with Gasteiger partial charge in [0, 0.05) is 18.0 Å². The molecular formula is C18H13F2N3O. The number of nitrogens with one attached hydrogen (secondary N) is 1. The fourth-order valence-corrected chi connectivity index (χ4v) is 2.27. The number of rotatable bonds is 3. The number of carbonyl (C=O) groups excluding carboxylic acids is 1. The molecule has 2 heterocycles. The van der Waals surface area contributed by atoms with Crippen molar-refractivity contribution in [3.8, 4) is 11.1 Å². The first-order valence-electron chi connectivity index (χ1n) is 7.18. The van der Waals surface area contributed by atoms with Crippen LogP contribution in [-0.2, 0) is 0 Å². The third-order valence-electron chi connectivity index (χ3n) is 3.53. The van der Waals surface area contributed by atoms with Gasteiger partial charge in [-0.2, -0.15) is 0 Å². The molecule has 2 aromatic heterocycles. The second-order valence-corrected chi connectivity index (χ2v) is 5.20. The molecule has 0 unspecified atom stereocenters. The summed E-state index contributed by atoms with van der Waals surface area (Å²) in [5.74, 6) is -1.69. The van der Waals surface area contributed by atoms with E-state index in [0.717, 1.165) is 23.4 Å². The Morgan fingerprint density at radius 3 is 2.62 bits per heavy atom. The predicted molar refractivity (Wildman–Crippen MR) is 86.5 cm³/mol. The molecule has 3 rings (SSSR count). The van der Waals surface area contributed by atoms with Crippen LogP contribution in [0.15, 0.2) is 55.0 Å². The summed E-state index contributed by atoms with van der Waals surface area (Å²) < 4.78 is 26.9. The summed E-state index contributed by atoms with van der Waals surface area (Å²) in [6, 6.07) is 8.58. The Bertz CT molecular complexity index is 895. The van der Waals surface area contributed by atoms with Crippen LogP contribution in [0.3, 0.4) is 0 Å². The van der Waals surface area contributed by atoms with Crippen LogP contribution >= 0.6 is 0 Å². The second-order valence-electron chi connectivity index (χ2n) is 5.20. The lowest BCUT2D eigenvalue weighted by Gasteiger charge is -2.09. The first-order chi connectivity index (χ1) is 11.5. The minimum Gasteiger partial charge on any atom is -0.306 e. The number of hydrogen-bond acceptors (Lipinski definition) is 3. The van der Waals surface area contributed by atoms with Crippen molar-refractivity contribution in [3.05, 3.63) is 77.8 Å². The molecule has 0 radical (unpaired) electrons. The zero-order valence-electron chi connectivity index (χ0n) is 12.8. The van der Waals surface area contributed by atoms with Crippen LogP contribution in [0, 0.1) is 18.6 Å². The van der Waals surface area contributed by atoms with E-state index < -0.39 is 17.5 Å². The van der Waals surface area contributed by atoms with Gasteiger partial charge in [-0.25, -0.2) is 13.8 Å². The van der Waals surface area contributed by atoms with Crippen molar-refractivity contribution in [3.63, 3.8) is 0 Å². The van der Waals surface area contributed by atoms with Crippen LogP contribution in [-0.4, -0.2) is 15.9 Å². The predicted octanol–water partition coefficient (Wildman–Crippen LogP) is 3.98. The number of amides is 1. The highest BCUT2D eigenvalue weighted by Gasteiger charge is 2.15. The first kappa shape index (κ1) is 15.7. The van der Waals surface area contributed by atoms with E-state index in [0.29, 0.717) is 5.56 Å². The maximum atomic E-state index is 14.0. The van der Waals surface area contributed by atoms with Crippen LogP contribution in [0.5, 0.6) is 0 Å². The molecule has 4 nitrogen and oxygen atoms in total. The molecule has 0 aliphatic heterocycles. The third-order valence-corrected chi connectivity index (χ3v) is 3.53. The quantitative estimate of drug-likeness (QED) is 0.792. The molecule has 6 heteroatoms. The van der Waals surface area contributed by atoms with Gasteiger partial charge in [-0.3, -0.25) is 9.78 Å². The van der Waals surface area contributed by atoms with Gasteiger partial charge in [0.1, 0.15) is 17.5 Å². The zero-order chi connectivity index (χ0) is 17.1. The summed E-state index contributed by atoms with van der Waals surface area (Å²) in [5, 5.41) is 2.45. The smallest absolute Gasteiger partial charge is 0.259 e. The first-order valence-corrected chi connectivity index (χ1v) is 7.18. The van der Waals surface area contributed by atoms with Gasteiger partial charge < -0.3 is 5.32 Å². The summed E-state index contributed by atoms with van der Waals surface area (Å²) in [5.41, 5.74) is 2.33. The van der Waals surface area contributed by atoms with Crippen molar-refractivity contribution in [2.75, 3.05) is 5.32 Å². The van der Waals surface area contributed by atoms with Crippen molar-refractivity contribution in [2.24, 2.45) is 0 Å². The minimum absolute atomic E-state index is 0.123. The highest BCUT2D eigenvalue weighted by Crippen LogP contribution is 2.24. The van der Waals surface area contributed by atoms with Crippen molar-refractivity contribution in [1.82, 2.24) is 9.97 Å². The maximum absolute atomic E-state index is 14.0. The molecule has 0 fully saturated rings. The number of halogens is 2. The molecular weight excluding hydrogens is 312 g/mol. The molecule has 0 saturated heterocycles. The molecule has 1 N–H and O–H groups in total. The largest absolute Gasteiger partial charge is 0.306 e. The third kappa shape index (κ3) is 3.27. The van der Waals surface area contributed by atoms with Gasteiger partial charge in [0.05, 0.1) is 11.8 Å². The molecule has 0 spiro atoms. The summed E-state index contributed by atoms with van der Waals surface area (Å²) in [4.78, 5) is 20.1. The van der Waals surface area contributed by atoms with Crippen molar-refractivity contribution < 1.29 is 13.6 Å². The molecule has 0 atom stereocenters. The van der Waals surface area contributed by atoms with Crippen LogP contribution < -0.4 is 5.32 Å². The van der Waals surface area contributed by atoms with Gasteiger partial charge in [0.2, 0.25) is 0 Å². The van der Waals surface area contributed by atoms with Gasteiger partial charge in [-0.1, -0.05) is 6.07 Å². The van der Waals surface area contributed by atoms with Gasteiger partial charge in [-0.05, 0) is 48.4 Å². The topological polar surface area (TPSA) is 54.9 Å². The maximum Gasteiger partial charge on any atom is 0.259 e. The van der Waals surface area contributed by atoms with Crippen molar-refractivity contribution in [1.29, 1.82) is 0 Å². The number of pyridine rings is 2. The molecule has 0 aliphatic carbocycles. The van der Waals surface area contributed by atoms with Gasteiger partial charge in [0.25, 0.3) is 5.91 Å². The molecule has 1 aromatic carbocycles. The Morgan fingerprint density at radius 1 is 1.08 bits per heavy atom. The van der Waals surface area contributed by atoms with Gasteiger partial charge >= 0.3 is 0 Å². The summed E-state index contributed by atoms with van der Waals surface area (Å²) in [6.45, 7) is 1.91. The lowest BCUT2D eigenvalue weighted by atomic mass is 10.0. The van der Waals surface area contributed by atoms with Gasteiger partial charge in [-0.15, -0.1) is 0 Å². The van der Waals surface area contributed by atoms with Crippen LogP contribution in [0.1, 0.15) is 15.9 Å². The summed E-state index contributed by atoms with van der Waals surface area (Å²) in [6.07, 6.45) is 4.29. The Morgan fingerprint density at radius 2 is 1.92 bits per heavy atom. The number of benzene rings is 1. The number of carbonyl (C=O) groups is 1. The van der Waals surface area contributed by atoms with Crippen LogP contribution in [0.2, 0.25) is 0 Å². The van der Waals surface area contributed by atoms with E-state index in [1.165, 1.54) is 18.2 Å². The molecule has 0 aliphatic rings. The van der Waals surface area contributed by atoms with E-state index in [4.69, 9.17) is 0 Å². The van der Waals surface area contributed by atoms with Gasteiger partial charge in [0.15, 0.2) is 0 Å². The summed E-state index contributed by atoms with van der Waals surface area (Å²) in [7, 11) is 0. The second kappa shape index (κ2) is 6.54. The van der Waals surface area contributed by atoms with E-state index in [-0.39, 0.29) is 11.4 Å². The highest BCUT2D eigenvalue weighted by atomic mass is 19.1. The van der Waals surface area contributed by atoms with Crippen LogP contribution in [0.4, 0.5) is 14.6 Å². The van der Waals surface area contributed by atoms with E-state index in [1.807, 2.05) is 13.0 Å².